The van der Waals surface area contributed by atoms with Crippen LogP contribution in [0.3, 0.4) is 0 Å². The van der Waals surface area contributed by atoms with Crippen molar-refractivity contribution in [1.82, 2.24) is 5.32 Å². The molecule has 0 saturated heterocycles. The minimum atomic E-state index is -4.03. The number of carbonyl (C=O) groups excluding carboxylic acids is 1. The van der Waals surface area contributed by atoms with Gasteiger partial charge in [-0.3, -0.25) is 9.10 Å². The van der Waals surface area contributed by atoms with E-state index in [0.717, 1.165) is 9.87 Å². The smallest absolute Gasteiger partial charge is 0.264 e. The molecule has 0 aliphatic heterocycles. The van der Waals surface area contributed by atoms with Gasteiger partial charge in [-0.05, 0) is 37.6 Å². The molecule has 1 amide bonds. The number of anilines is 1. The summed E-state index contributed by atoms with van der Waals surface area (Å²) in [5.41, 5.74) is 1.17. The molecule has 0 bridgehead atoms. The molecule has 0 unspecified atom stereocenters. The maximum Gasteiger partial charge on any atom is 0.264 e. The molecule has 2 aromatic rings. The SMILES string of the molecule is COCCCNC(=O)CN(c1ccc(OC)cc1OC)S(=O)(=O)c1ccc(C)cc1. The number of benzene rings is 2. The van der Waals surface area contributed by atoms with E-state index in [1.807, 2.05) is 6.92 Å². The zero-order valence-electron chi connectivity index (χ0n) is 17.7. The van der Waals surface area contributed by atoms with Crippen LogP contribution < -0.4 is 19.1 Å². The van der Waals surface area contributed by atoms with Gasteiger partial charge in [-0.15, -0.1) is 0 Å². The van der Waals surface area contributed by atoms with E-state index in [0.29, 0.717) is 25.3 Å². The number of methoxy groups -OCH3 is 3. The zero-order chi connectivity index (χ0) is 22.1. The van der Waals surface area contributed by atoms with Crippen molar-refractivity contribution in [2.75, 3.05) is 45.3 Å². The number of ether oxygens (including phenoxy) is 3. The van der Waals surface area contributed by atoms with E-state index < -0.39 is 22.5 Å². The fourth-order valence-electron chi connectivity index (χ4n) is 2.76. The monoisotopic (exact) mass is 436 g/mol. The normalized spacial score (nSPS) is 11.1. The average Bonchev–Trinajstić information content (AvgIpc) is 2.75. The standard InChI is InChI=1S/C21H28N2O6S/c1-16-6-9-18(10-7-16)30(25,26)23(15-21(24)22-12-5-13-27-2)19-11-8-17(28-3)14-20(19)29-4/h6-11,14H,5,12-13,15H2,1-4H3,(H,22,24). The number of hydrogen-bond donors (Lipinski definition) is 1. The number of nitrogens with one attached hydrogen (secondary N) is 1. The van der Waals surface area contributed by atoms with Crippen LogP contribution in [0.1, 0.15) is 12.0 Å². The van der Waals surface area contributed by atoms with E-state index in [9.17, 15) is 13.2 Å². The summed E-state index contributed by atoms with van der Waals surface area (Å²) < 4.78 is 43.4. The molecule has 0 aliphatic rings. The summed E-state index contributed by atoms with van der Waals surface area (Å²) in [5.74, 6) is 0.351. The topological polar surface area (TPSA) is 94.2 Å². The van der Waals surface area contributed by atoms with Crippen molar-refractivity contribution in [2.24, 2.45) is 0 Å². The number of sulfonamides is 1. The van der Waals surface area contributed by atoms with E-state index in [1.165, 1.54) is 26.4 Å². The number of amides is 1. The van der Waals surface area contributed by atoms with Gasteiger partial charge in [0.25, 0.3) is 10.0 Å². The van der Waals surface area contributed by atoms with Crippen molar-refractivity contribution in [2.45, 2.75) is 18.2 Å². The van der Waals surface area contributed by atoms with Crippen LogP contribution >= 0.6 is 0 Å². The lowest BCUT2D eigenvalue weighted by atomic mass is 10.2. The van der Waals surface area contributed by atoms with Gasteiger partial charge in [0.15, 0.2) is 0 Å². The van der Waals surface area contributed by atoms with Crippen LogP contribution in [0.4, 0.5) is 5.69 Å². The molecule has 0 spiro atoms. The van der Waals surface area contributed by atoms with Crippen LogP contribution in [0.2, 0.25) is 0 Å². The highest BCUT2D eigenvalue weighted by Gasteiger charge is 2.29. The second-order valence-corrected chi connectivity index (χ2v) is 8.42. The highest BCUT2D eigenvalue weighted by Crippen LogP contribution is 2.35. The first-order chi connectivity index (χ1) is 14.3. The Morgan fingerprint density at radius 2 is 1.73 bits per heavy atom. The summed E-state index contributed by atoms with van der Waals surface area (Å²) in [7, 11) is 0.484. The molecule has 0 aromatic heterocycles. The van der Waals surface area contributed by atoms with Gasteiger partial charge in [0, 0.05) is 26.3 Å². The second kappa shape index (κ2) is 10.8. The van der Waals surface area contributed by atoms with Crippen molar-refractivity contribution in [3.8, 4) is 11.5 Å². The molecule has 9 heteroatoms. The molecular weight excluding hydrogens is 408 g/mol. The Labute approximate surface area is 177 Å². The molecule has 0 saturated carbocycles. The van der Waals surface area contributed by atoms with Crippen LogP contribution in [-0.2, 0) is 19.6 Å². The average molecular weight is 437 g/mol. The first-order valence-electron chi connectivity index (χ1n) is 9.40. The second-order valence-electron chi connectivity index (χ2n) is 6.56. The van der Waals surface area contributed by atoms with Crippen molar-refractivity contribution in [3.05, 3.63) is 48.0 Å². The minimum Gasteiger partial charge on any atom is -0.497 e. The highest BCUT2D eigenvalue weighted by atomic mass is 32.2. The lowest BCUT2D eigenvalue weighted by Crippen LogP contribution is -2.41. The Morgan fingerprint density at radius 1 is 1.03 bits per heavy atom. The van der Waals surface area contributed by atoms with Crippen molar-refractivity contribution in [1.29, 1.82) is 0 Å². The third-order valence-electron chi connectivity index (χ3n) is 4.40. The molecule has 2 rings (SSSR count). The number of carbonyl (C=O) groups is 1. The van der Waals surface area contributed by atoms with Crippen LogP contribution in [0.5, 0.6) is 11.5 Å². The summed E-state index contributed by atoms with van der Waals surface area (Å²) in [6, 6.07) is 11.2. The molecule has 0 heterocycles. The fourth-order valence-corrected chi connectivity index (χ4v) is 4.19. The van der Waals surface area contributed by atoms with Crippen molar-refractivity contribution < 1.29 is 27.4 Å². The van der Waals surface area contributed by atoms with E-state index in [2.05, 4.69) is 5.32 Å². The summed E-state index contributed by atoms with van der Waals surface area (Å²) in [6.45, 7) is 2.35. The Kier molecular flexibility index (Phi) is 8.49. The Morgan fingerprint density at radius 3 is 2.33 bits per heavy atom. The molecule has 0 radical (unpaired) electrons. The lowest BCUT2D eigenvalue weighted by Gasteiger charge is -2.26. The van der Waals surface area contributed by atoms with Crippen LogP contribution in [0.25, 0.3) is 0 Å². The highest BCUT2D eigenvalue weighted by molar-refractivity contribution is 7.92. The maximum atomic E-state index is 13.4. The third-order valence-corrected chi connectivity index (χ3v) is 6.17. The van der Waals surface area contributed by atoms with E-state index in [4.69, 9.17) is 14.2 Å². The Hall–Kier alpha value is -2.78. The quantitative estimate of drug-likeness (QED) is 0.544. The minimum absolute atomic E-state index is 0.0816. The lowest BCUT2D eigenvalue weighted by molar-refractivity contribution is -0.119. The van der Waals surface area contributed by atoms with Gasteiger partial charge in [-0.2, -0.15) is 0 Å². The fraction of sp³-hybridized carbons (Fsp3) is 0.381. The molecule has 0 atom stereocenters. The van der Waals surface area contributed by atoms with Gasteiger partial charge in [0.05, 0.1) is 24.8 Å². The number of rotatable bonds is 11. The van der Waals surface area contributed by atoms with Gasteiger partial charge >= 0.3 is 0 Å². The van der Waals surface area contributed by atoms with Gasteiger partial charge < -0.3 is 19.5 Å². The van der Waals surface area contributed by atoms with Gasteiger partial charge in [0.1, 0.15) is 18.0 Å². The summed E-state index contributed by atoms with van der Waals surface area (Å²) in [5, 5.41) is 2.72. The summed E-state index contributed by atoms with van der Waals surface area (Å²) in [6.07, 6.45) is 0.624. The molecule has 30 heavy (non-hydrogen) atoms. The maximum absolute atomic E-state index is 13.4. The van der Waals surface area contributed by atoms with Gasteiger partial charge in [0.2, 0.25) is 5.91 Å². The number of nitrogens with zero attached hydrogens (tertiary/aromatic N) is 1. The van der Waals surface area contributed by atoms with Gasteiger partial charge in [-0.25, -0.2) is 8.42 Å². The van der Waals surface area contributed by atoms with Gasteiger partial charge in [-0.1, -0.05) is 17.7 Å². The molecule has 0 aliphatic carbocycles. The molecule has 2 aromatic carbocycles. The molecular formula is C21H28N2O6S. The molecule has 8 nitrogen and oxygen atoms in total. The predicted octanol–water partition coefficient (Wildman–Crippen LogP) is 2.36. The zero-order valence-corrected chi connectivity index (χ0v) is 18.5. The van der Waals surface area contributed by atoms with Crippen LogP contribution in [-0.4, -0.2) is 55.4 Å². The number of hydrogen-bond acceptors (Lipinski definition) is 6. The van der Waals surface area contributed by atoms with E-state index in [1.54, 1.807) is 37.4 Å². The predicted molar refractivity (Wildman–Crippen MR) is 115 cm³/mol. The van der Waals surface area contributed by atoms with Crippen molar-refractivity contribution in [3.63, 3.8) is 0 Å². The molecule has 0 fully saturated rings. The Bertz CT molecular complexity index is 944. The third kappa shape index (κ3) is 5.87. The summed E-state index contributed by atoms with van der Waals surface area (Å²) >= 11 is 0. The Balaban J connectivity index is 2.42. The first kappa shape index (κ1) is 23.5. The molecule has 164 valence electrons. The largest absolute Gasteiger partial charge is 0.497 e. The summed E-state index contributed by atoms with van der Waals surface area (Å²) in [4.78, 5) is 12.6. The van der Waals surface area contributed by atoms with Crippen molar-refractivity contribution >= 4 is 21.6 Å². The van der Waals surface area contributed by atoms with E-state index >= 15 is 0 Å². The first-order valence-corrected chi connectivity index (χ1v) is 10.8. The van der Waals surface area contributed by atoms with E-state index in [-0.39, 0.29) is 16.3 Å². The van der Waals surface area contributed by atoms with Crippen LogP contribution in [0.15, 0.2) is 47.4 Å². The van der Waals surface area contributed by atoms with Crippen LogP contribution in [0, 0.1) is 6.92 Å². The molecule has 1 N–H and O–H groups in total. The number of aryl methyl sites for hydroxylation is 1.